The number of aromatic nitrogens is 3. The van der Waals surface area contributed by atoms with Crippen molar-refractivity contribution in [3.63, 3.8) is 0 Å². The number of nitrogens with zero attached hydrogens (tertiary/aromatic N) is 4. The van der Waals surface area contributed by atoms with Crippen LogP contribution >= 0.6 is 0 Å². The van der Waals surface area contributed by atoms with Crippen LogP contribution in [0.1, 0.15) is 24.2 Å². The van der Waals surface area contributed by atoms with Crippen molar-refractivity contribution in [1.82, 2.24) is 15.1 Å². The molecule has 0 radical (unpaired) electrons. The second-order valence-electron chi connectivity index (χ2n) is 6.39. The summed E-state index contributed by atoms with van der Waals surface area (Å²) in [4.78, 5) is 21.7. The fourth-order valence-electron chi connectivity index (χ4n) is 3.40. The molecular weight excluding hydrogens is 339 g/mol. The van der Waals surface area contributed by atoms with Crippen molar-refractivity contribution in [2.24, 2.45) is 0 Å². The van der Waals surface area contributed by atoms with E-state index >= 15 is 4.39 Å². The van der Waals surface area contributed by atoms with E-state index < -0.39 is 5.82 Å². The number of rotatable bonds is 3. The smallest absolute Gasteiger partial charge is 0.205 e. The van der Waals surface area contributed by atoms with Gasteiger partial charge in [-0.25, -0.2) is 14.4 Å². The number of carbonyl (C=O) groups is 1. The minimum atomic E-state index is -0.611. The number of anilines is 1. The number of ether oxygens (including phenoxy) is 1. The van der Waals surface area contributed by atoms with Gasteiger partial charge in [0.25, 0.3) is 0 Å². The van der Waals surface area contributed by atoms with Gasteiger partial charge in [-0.2, -0.15) is 0 Å². The Balaban J connectivity index is 1.88. The van der Waals surface area contributed by atoms with E-state index in [0.717, 1.165) is 0 Å². The Labute approximate surface area is 148 Å². The van der Waals surface area contributed by atoms with Crippen molar-refractivity contribution < 1.29 is 18.4 Å². The highest BCUT2D eigenvalue weighted by Gasteiger charge is 2.29. The van der Waals surface area contributed by atoms with Crippen LogP contribution in [0.15, 0.2) is 29.0 Å². The lowest BCUT2D eigenvalue weighted by Gasteiger charge is -2.37. The standard InChI is InChI=1S/C18H17FN4O3/c1-10-7-23(8-11(2)25-10)16-12(9-24)6-13-15(18-20-4-3-5-21-18)22-26-17(13)14(16)19/h3-6,9-11H,7-8H2,1-2H3/t10-,11+. The molecule has 2 atom stereocenters. The van der Waals surface area contributed by atoms with E-state index in [2.05, 4.69) is 15.1 Å². The maximum atomic E-state index is 15.3. The molecule has 1 aliphatic heterocycles. The average Bonchev–Trinajstić information content (AvgIpc) is 3.05. The van der Waals surface area contributed by atoms with Crippen molar-refractivity contribution in [2.45, 2.75) is 26.1 Å². The average molecular weight is 356 g/mol. The van der Waals surface area contributed by atoms with Crippen LogP contribution in [0.3, 0.4) is 0 Å². The lowest BCUT2D eigenvalue weighted by atomic mass is 10.1. The maximum absolute atomic E-state index is 15.3. The monoisotopic (exact) mass is 356 g/mol. The Morgan fingerprint density at radius 3 is 2.58 bits per heavy atom. The Morgan fingerprint density at radius 2 is 1.92 bits per heavy atom. The third-order valence-electron chi connectivity index (χ3n) is 4.35. The van der Waals surface area contributed by atoms with E-state index in [4.69, 9.17) is 9.26 Å². The number of morpholine rings is 1. The number of benzene rings is 1. The van der Waals surface area contributed by atoms with Crippen LogP contribution < -0.4 is 4.90 Å². The molecule has 0 spiro atoms. The van der Waals surface area contributed by atoms with Crippen LogP contribution in [-0.4, -0.2) is 46.7 Å². The van der Waals surface area contributed by atoms with Crippen LogP contribution in [0.25, 0.3) is 22.5 Å². The molecule has 8 heteroatoms. The third-order valence-corrected chi connectivity index (χ3v) is 4.35. The molecule has 3 aromatic rings. The van der Waals surface area contributed by atoms with Gasteiger partial charge >= 0.3 is 0 Å². The van der Waals surface area contributed by atoms with Crippen molar-refractivity contribution in [1.29, 1.82) is 0 Å². The molecule has 26 heavy (non-hydrogen) atoms. The second-order valence-corrected chi connectivity index (χ2v) is 6.39. The predicted octanol–water partition coefficient (Wildman–Crippen LogP) is 2.85. The molecule has 1 aromatic carbocycles. The van der Waals surface area contributed by atoms with Gasteiger partial charge in [0, 0.05) is 31.0 Å². The first-order chi connectivity index (χ1) is 12.6. The summed E-state index contributed by atoms with van der Waals surface area (Å²) in [6, 6.07) is 3.25. The number of fused-ring (bicyclic) bond motifs is 1. The number of hydrogen-bond donors (Lipinski definition) is 0. The first-order valence-electron chi connectivity index (χ1n) is 8.33. The molecule has 0 aliphatic carbocycles. The van der Waals surface area contributed by atoms with E-state index in [-0.39, 0.29) is 29.0 Å². The number of aldehydes is 1. The SMILES string of the molecule is C[C@@H]1CN(c2c(C=O)cc3c(-c4ncccn4)noc3c2F)C[C@H](C)O1. The van der Waals surface area contributed by atoms with Gasteiger partial charge in [0.2, 0.25) is 5.58 Å². The first kappa shape index (κ1) is 16.6. The molecule has 134 valence electrons. The fourth-order valence-corrected chi connectivity index (χ4v) is 3.40. The van der Waals surface area contributed by atoms with E-state index in [1.165, 1.54) is 0 Å². The van der Waals surface area contributed by atoms with Gasteiger partial charge in [0.05, 0.1) is 23.3 Å². The van der Waals surface area contributed by atoms with E-state index in [9.17, 15) is 4.79 Å². The van der Waals surface area contributed by atoms with Gasteiger partial charge in [0.15, 0.2) is 23.6 Å². The summed E-state index contributed by atoms with van der Waals surface area (Å²) >= 11 is 0. The lowest BCUT2D eigenvalue weighted by molar-refractivity contribution is -0.00543. The van der Waals surface area contributed by atoms with E-state index in [1.54, 1.807) is 24.5 Å². The summed E-state index contributed by atoms with van der Waals surface area (Å²) in [6.07, 6.45) is 3.62. The molecule has 1 saturated heterocycles. The number of hydrogen-bond acceptors (Lipinski definition) is 7. The van der Waals surface area contributed by atoms with Gasteiger partial charge < -0.3 is 14.2 Å². The van der Waals surface area contributed by atoms with Crippen molar-refractivity contribution in [3.8, 4) is 11.5 Å². The van der Waals surface area contributed by atoms with Crippen molar-refractivity contribution >= 4 is 22.9 Å². The van der Waals surface area contributed by atoms with Crippen LogP contribution in [0.4, 0.5) is 10.1 Å². The number of carbonyl (C=O) groups excluding carboxylic acids is 1. The molecule has 4 rings (SSSR count). The zero-order valence-corrected chi connectivity index (χ0v) is 14.3. The second kappa shape index (κ2) is 6.45. The van der Waals surface area contributed by atoms with Crippen LogP contribution in [0.2, 0.25) is 0 Å². The largest absolute Gasteiger partial charge is 0.372 e. The minimum absolute atomic E-state index is 0.0140. The van der Waals surface area contributed by atoms with Gasteiger partial charge in [-0.3, -0.25) is 4.79 Å². The Morgan fingerprint density at radius 1 is 1.23 bits per heavy atom. The van der Waals surface area contributed by atoms with Crippen LogP contribution in [0, 0.1) is 5.82 Å². The van der Waals surface area contributed by atoms with Gasteiger partial charge in [-0.15, -0.1) is 0 Å². The molecule has 2 aromatic heterocycles. The zero-order chi connectivity index (χ0) is 18.3. The molecule has 1 aliphatic rings. The van der Waals surface area contributed by atoms with Crippen molar-refractivity contribution in [2.75, 3.05) is 18.0 Å². The highest BCUT2D eigenvalue weighted by atomic mass is 19.1. The predicted molar refractivity (Wildman–Crippen MR) is 92.6 cm³/mol. The minimum Gasteiger partial charge on any atom is -0.372 e. The normalized spacial score (nSPS) is 20.5. The topological polar surface area (TPSA) is 81.4 Å². The molecule has 0 amide bonds. The van der Waals surface area contributed by atoms with Gasteiger partial charge in [0.1, 0.15) is 0 Å². The summed E-state index contributed by atoms with van der Waals surface area (Å²) in [5, 5.41) is 4.29. The third kappa shape index (κ3) is 2.72. The lowest BCUT2D eigenvalue weighted by Crippen LogP contribution is -2.46. The summed E-state index contributed by atoms with van der Waals surface area (Å²) in [5.74, 6) is -0.301. The summed E-state index contributed by atoms with van der Waals surface area (Å²) < 4.78 is 26.2. The van der Waals surface area contributed by atoms with Crippen LogP contribution in [-0.2, 0) is 4.74 Å². The Bertz CT molecular complexity index is 950. The number of halogens is 1. The highest BCUT2D eigenvalue weighted by molar-refractivity contribution is 5.99. The molecule has 7 nitrogen and oxygen atoms in total. The van der Waals surface area contributed by atoms with Gasteiger partial charge in [-0.1, -0.05) is 5.16 Å². The zero-order valence-electron chi connectivity index (χ0n) is 14.3. The summed E-state index contributed by atoms with van der Waals surface area (Å²) in [6.45, 7) is 4.80. The molecule has 0 N–H and O–H groups in total. The Hall–Kier alpha value is -2.87. The molecule has 1 fully saturated rings. The Kier molecular flexibility index (Phi) is 4.12. The van der Waals surface area contributed by atoms with Crippen molar-refractivity contribution in [3.05, 3.63) is 35.9 Å². The molecule has 0 saturated carbocycles. The first-order valence-corrected chi connectivity index (χ1v) is 8.33. The highest BCUT2D eigenvalue weighted by Crippen LogP contribution is 2.36. The molecular formula is C18H17FN4O3. The quantitative estimate of drug-likeness (QED) is 0.668. The summed E-state index contributed by atoms with van der Waals surface area (Å²) in [7, 11) is 0. The van der Waals surface area contributed by atoms with Gasteiger partial charge in [-0.05, 0) is 26.0 Å². The molecule has 0 unspecified atom stereocenters. The maximum Gasteiger partial charge on any atom is 0.205 e. The van der Waals surface area contributed by atoms with E-state index in [0.29, 0.717) is 36.3 Å². The van der Waals surface area contributed by atoms with E-state index in [1.807, 2.05) is 18.7 Å². The fraction of sp³-hybridized carbons (Fsp3) is 0.333. The molecule has 0 bridgehead atoms. The van der Waals surface area contributed by atoms with Crippen LogP contribution in [0.5, 0.6) is 0 Å². The summed E-state index contributed by atoms with van der Waals surface area (Å²) in [5.41, 5.74) is 0.737. The molecule has 3 heterocycles.